The Labute approximate surface area is 77.8 Å². The van der Waals surface area contributed by atoms with Gasteiger partial charge in [-0.3, -0.25) is 15.3 Å². The molecular weight excluding hydrogens is 184 g/mol. The average Bonchev–Trinajstić information content (AvgIpc) is 2.62. The minimum atomic E-state index is -0.262. The van der Waals surface area contributed by atoms with Gasteiger partial charge in [-0.05, 0) is 6.07 Å². The molecule has 1 amide bonds. The second-order valence-electron chi connectivity index (χ2n) is 2.89. The van der Waals surface area contributed by atoms with Crippen molar-refractivity contribution < 1.29 is 4.79 Å². The number of hydrazine groups is 2. The lowest BCUT2D eigenvalue weighted by atomic mass is 10.2. The molecule has 2 aromatic rings. The van der Waals surface area contributed by atoms with Gasteiger partial charge >= 0.3 is 0 Å². The number of nitrogens with zero attached hydrogens (tertiary/aromatic N) is 2. The van der Waals surface area contributed by atoms with Crippen LogP contribution in [0.15, 0.2) is 12.3 Å². The SMILES string of the molecule is O=C1NNNc2cc3[nH]ncc3nc21. The van der Waals surface area contributed by atoms with Gasteiger partial charge < -0.3 is 5.43 Å². The Bertz CT molecular complexity index is 518. The van der Waals surface area contributed by atoms with E-state index >= 15 is 0 Å². The topological polar surface area (TPSA) is 94.7 Å². The van der Waals surface area contributed by atoms with Gasteiger partial charge in [-0.15, -0.1) is 5.53 Å². The van der Waals surface area contributed by atoms with Crippen molar-refractivity contribution in [2.45, 2.75) is 0 Å². The number of carbonyl (C=O) groups is 1. The molecule has 4 N–H and O–H groups in total. The summed E-state index contributed by atoms with van der Waals surface area (Å²) in [5.74, 6) is -0.262. The zero-order chi connectivity index (χ0) is 9.54. The predicted octanol–water partition coefficient (Wildman–Crippen LogP) is -0.467. The molecule has 0 spiro atoms. The molecule has 0 saturated heterocycles. The van der Waals surface area contributed by atoms with Crippen molar-refractivity contribution in [1.29, 1.82) is 0 Å². The first kappa shape index (κ1) is 7.27. The molecule has 0 saturated carbocycles. The van der Waals surface area contributed by atoms with Crippen LogP contribution in [0.2, 0.25) is 0 Å². The molecule has 70 valence electrons. The van der Waals surface area contributed by atoms with E-state index in [1.807, 2.05) is 0 Å². The van der Waals surface area contributed by atoms with Crippen molar-refractivity contribution in [3.63, 3.8) is 0 Å². The Kier molecular flexibility index (Phi) is 1.26. The number of aromatic amines is 1. The van der Waals surface area contributed by atoms with Crippen molar-refractivity contribution in [2.24, 2.45) is 0 Å². The minimum Gasteiger partial charge on any atom is -0.301 e. The third-order valence-corrected chi connectivity index (χ3v) is 2.01. The van der Waals surface area contributed by atoms with Crippen molar-refractivity contribution >= 4 is 22.6 Å². The Morgan fingerprint density at radius 1 is 1.29 bits per heavy atom. The summed E-state index contributed by atoms with van der Waals surface area (Å²) in [7, 11) is 0. The number of anilines is 1. The Morgan fingerprint density at radius 2 is 2.21 bits per heavy atom. The molecule has 3 heterocycles. The Morgan fingerprint density at radius 3 is 3.14 bits per heavy atom. The molecule has 0 fully saturated rings. The van der Waals surface area contributed by atoms with Crippen LogP contribution >= 0.6 is 0 Å². The van der Waals surface area contributed by atoms with Crippen LogP contribution in [0.1, 0.15) is 10.5 Å². The van der Waals surface area contributed by atoms with E-state index in [2.05, 4.69) is 31.6 Å². The van der Waals surface area contributed by atoms with Gasteiger partial charge in [-0.2, -0.15) is 5.10 Å². The van der Waals surface area contributed by atoms with Gasteiger partial charge in [0.15, 0.2) is 5.69 Å². The number of aromatic nitrogens is 3. The third kappa shape index (κ3) is 0.866. The number of amides is 1. The fourth-order valence-corrected chi connectivity index (χ4v) is 1.36. The Hall–Kier alpha value is -2.15. The van der Waals surface area contributed by atoms with Gasteiger partial charge in [-0.25, -0.2) is 4.98 Å². The zero-order valence-electron chi connectivity index (χ0n) is 6.96. The predicted molar refractivity (Wildman–Crippen MR) is 48.1 cm³/mol. The number of rotatable bonds is 0. The van der Waals surface area contributed by atoms with Crippen LogP contribution in [-0.2, 0) is 0 Å². The number of H-pyrrole nitrogens is 1. The van der Waals surface area contributed by atoms with Crippen LogP contribution in [0.5, 0.6) is 0 Å². The summed E-state index contributed by atoms with van der Waals surface area (Å²) >= 11 is 0. The minimum absolute atomic E-state index is 0.262. The highest BCUT2D eigenvalue weighted by molar-refractivity contribution is 6.01. The molecule has 14 heavy (non-hydrogen) atoms. The molecule has 0 aromatic carbocycles. The normalized spacial score (nSPS) is 14.7. The van der Waals surface area contributed by atoms with Crippen LogP contribution < -0.4 is 16.4 Å². The van der Waals surface area contributed by atoms with E-state index in [0.29, 0.717) is 16.9 Å². The summed E-state index contributed by atoms with van der Waals surface area (Å²) in [5.41, 5.74) is 10.2. The summed E-state index contributed by atoms with van der Waals surface area (Å²) in [6, 6.07) is 1.77. The fraction of sp³-hybridized carbons (Fsp3) is 0. The van der Waals surface area contributed by atoms with Crippen LogP contribution in [0, 0.1) is 0 Å². The monoisotopic (exact) mass is 190 g/mol. The lowest BCUT2D eigenvalue weighted by Gasteiger charge is -2.17. The van der Waals surface area contributed by atoms with E-state index in [4.69, 9.17) is 0 Å². The van der Waals surface area contributed by atoms with Gasteiger partial charge in [-0.1, -0.05) is 0 Å². The summed E-state index contributed by atoms with van der Waals surface area (Å²) < 4.78 is 0. The van der Waals surface area contributed by atoms with E-state index < -0.39 is 0 Å². The number of carbonyl (C=O) groups excluding carboxylic acids is 1. The van der Waals surface area contributed by atoms with Crippen molar-refractivity contribution in [3.05, 3.63) is 18.0 Å². The van der Waals surface area contributed by atoms with Crippen LogP contribution in [0.4, 0.5) is 5.69 Å². The summed E-state index contributed by atoms with van der Waals surface area (Å²) in [6.07, 6.45) is 1.57. The molecule has 1 aliphatic rings. The number of nitrogens with one attached hydrogen (secondary N) is 4. The second-order valence-corrected chi connectivity index (χ2v) is 2.89. The van der Waals surface area contributed by atoms with E-state index in [1.165, 1.54) is 0 Å². The van der Waals surface area contributed by atoms with Gasteiger partial charge in [0.1, 0.15) is 5.52 Å². The van der Waals surface area contributed by atoms with Gasteiger partial charge in [0.2, 0.25) is 0 Å². The smallest absolute Gasteiger partial charge is 0.287 e. The molecule has 3 rings (SSSR count). The van der Waals surface area contributed by atoms with Crippen LogP contribution in [0.25, 0.3) is 11.0 Å². The van der Waals surface area contributed by atoms with Gasteiger partial charge in [0, 0.05) is 0 Å². The molecule has 7 heteroatoms. The first-order valence-electron chi connectivity index (χ1n) is 4.00. The van der Waals surface area contributed by atoms with Crippen molar-refractivity contribution in [3.8, 4) is 0 Å². The number of hydrogen-bond acceptors (Lipinski definition) is 5. The van der Waals surface area contributed by atoms with Crippen LogP contribution in [0.3, 0.4) is 0 Å². The standard InChI is InChI=1S/C7H6N6O/c14-7-6-4(11-13-12-7)1-3-5(9-6)2-8-10-3/h1-2,11,13H,(H,8,10)(H,12,14). The lowest BCUT2D eigenvalue weighted by molar-refractivity contribution is 0.0927. The fourth-order valence-electron chi connectivity index (χ4n) is 1.36. The van der Waals surface area contributed by atoms with E-state index in [0.717, 1.165) is 5.52 Å². The summed E-state index contributed by atoms with van der Waals surface area (Å²) in [4.78, 5) is 15.5. The molecular formula is C7H6N6O. The molecule has 0 radical (unpaired) electrons. The van der Waals surface area contributed by atoms with E-state index in [9.17, 15) is 4.79 Å². The lowest BCUT2D eigenvalue weighted by Crippen LogP contribution is -2.46. The number of hydrogen-bond donors (Lipinski definition) is 4. The maximum Gasteiger partial charge on any atom is 0.287 e. The number of pyridine rings is 1. The maximum atomic E-state index is 11.3. The maximum absolute atomic E-state index is 11.3. The average molecular weight is 190 g/mol. The first-order valence-corrected chi connectivity index (χ1v) is 4.00. The summed E-state index contributed by atoms with van der Waals surface area (Å²) in [5, 5.41) is 6.60. The highest BCUT2D eigenvalue weighted by atomic mass is 16.2. The molecule has 0 bridgehead atoms. The van der Waals surface area contributed by atoms with E-state index in [1.54, 1.807) is 12.3 Å². The molecule has 1 aliphatic heterocycles. The Balaban J connectivity index is 2.32. The van der Waals surface area contributed by atoms with E-state index in [-0.39, 0.29) is 5.91 Å². The molecule has 0 atom stereocenters. The second kappa shape index (κ2) is 2.42. The molecule has 2 aromatic heterocycles. The number of fused-ring (bicyclic) bond motifs is 2. The van der Waals surface area contributed by atoms with Crippen molar-refractivity contribution in [1.82, 2.24) is 26.1 Å². The quantitative estimate of drug-likeness (QED) is 0.450. The zero-order valence-corrected chi connectivity index (χ0v) is 6.96. The van der Waals surface area contributed by atoms with Crippen molar-refractivity contribution in [2.75, 3.05) is 5.43 Å². The molecule has 0 aliphatic carbocycles. The first-order chi connectivity index (χ1) is 6.84. The largest absolute Gasteiger partial charge is 0.301 e. The molecule has 7 nitrogen and oxygen atoms in total. The van der Waals surface area contributed by atoms with Crippen LogP contribution in [-0.4, -0.2) is 21.1 Å². The molecule has 0 unspecified atom stereocenters. The summed E-state index contributed by atoms with van der Waals surface area (Å²) in [6.45, 7) is 0. The van der Waals surface area contributed by atoms with Gasteiger partial charge in [0.05, 0.1) is 17.4 Å². The van der Waals surface area contributed by atoms with Gasteiger partial charge in [0.25, 0.3) is 5.91 Å². The highest BCUT2D eigenvalue weighted by Gasteiger charge is 2.18. The third-order valence-electron chi connectivity index (χ3n) is 2.01. The highest BCUT2D eigenvalue weighted by Crippen LogP contribution is 2.19.